The standard InChI is InChI=1S/C9H8BrN3O/c1-2-3-4-12-9(14)8-7(10)5-11-6-13-8/h5-6H,4H2,1H3,(H,12,14). The molecule has 5 heteroatoms. The SMILES string of the molecule is CC#CCNC(=O)c1ncncc1Br. The lowest BCUT2D eigenvalue weighted by Crippen LogP contribution is -2.25. The van der Waals surface area contributed by atoms with Gasteiger partial charge in [0.15, 0.2) is 0 Å². The van der Waals surface area contributed by atoms with E-state index in [1.165, 1.54) is 12.5 Å². The number of nitrogens with one attached hydrogen (secondary N) is 1. The monoisotopic (exact) mass is 253 g/mol. The van der Waals surface area contributed by atoms with Gasteiger partial charge in [0.2, 0.25) is 0 Å². The molecule has 1 heterocycles. The maximum atomic E-state index is 11.4. The Morgan fingerprint density at radius 2 is 2.50 bits per heavy atom. The lowest BCUT2D eigenvalue weighted by molar-refractivity contribution is 0.0952. The Labute approximate surface area is 90.3 Å². The first-order valence-electron chi connectivity index (χ1n) is 3.89. The number of amides is 1. The lowest BCUT2D eigenvalue weighted by Gasteiger charge is -2.01. The van der Waals surface area contributed by atoms with Crippen LogP contribution in [0.1, 0.15) is 17.4 Å². The molecule has 0 aliphatic rings. The average molecular weight is 254 g/mol. The molecular weight excluding hydrogens is 246 g/mol. The van der Waals surface area contributed by atoms with Gasteiger partial charge in [0.25, 0.3) is 5.91 Å². The molecule has 0 bridgehead atoms. The van der Waals surface area contributed by atoms with Crippen LogP contribution in [0.5, 0.6) is 0 Å². The van der Waals surface area contributed by atoms with Gasteiger partial charge in [0, 0.05) is 6.20 Å². The van der Waals surface area contributed by atoms with Crippen LogP contribution in [-0.4, -0.2) is 22.4 Å². The van der Waals surface area contributed by atoms with Gasteiger partial charge in [-0.2, -0.15) is 0 Å². The van der Waals surface area contributed by atoms with Crippen molar-refractivity contribution in [1.82, 2.24) is 15.3 Å². The summed E-state index contributed by atoms with van der Waals surface area (Å²) in [7, 11) is 0. The van der Waals surface area contributed by atoms with Gasteiger partial charge in [-0.25, -0.2) is 9.97 Å². The molecule has 0 aliphatic carbocycles. The molecule has 0 aliphatic heterocycles. The van der Waals surface area contributed by atoms with Crippen molar-refractivity contribution in [3.8, 4) is 11.8 Å². The van der Waals surface area contributed by atoms with Gasteiger partial charge >= 0.3 is 0 Å². The van der Waals surface area contributed by atoms with E-state index in [1.54, 1.807) is 6.92 Å². The van der Waals surface area contributed by atoms with Crippen molar-refractivity contribution in [2.24, 2.45) is 0 Å². The number of carbonyl (C=O) groups excluding carboxylic acids is 1. The lowest BCUT2D eigenvalue weighted by atomic mass is 10.4. The summed E-state index contributed by atoms with van der Waals surface area (Å²) in [4.78, 5) is 19.0. The first kappa shape index (κ1) is 10.7. The van der Waals surface area contributed by atoms with Crippen molar-refractivity contribution in [1.29, 1.82) is 0 Å². The molecular formula is C9H8BrN3O. The van der Waals surface area contributed by atoms with E-state index in [2.05, 4.69) is 43.1 Å². The number of hydrogen-bond donors (Lipinski definition) is 1. The molecule has 1 N–H and O–H groups in total. The van der Waals surface area contributed by atoms with Crippen molar-refractivity contribution in [3.63, 3.8) is 0 Å². The Bertz CT molecular complexity index is 395. The molecule has 0 fully saturated rings. The molecule has 1 aromatic rings. The summed E-state index contributed by atoms with van der Waals surface area (Å²) in [6.07, 6.45) is 2.85. The first-order chi connectivity index (χ1) is 6.75. The minimum Gasteiger partial charge on any atom is -0.340 e. The maximum Gasteiger partial charge on any atom is 0.271 e. The molecule has 0 radical (unpaired) electrons. The zero-order valence-electron chi connectivity index (χ0n) is 7.54. The third-order valence-electron chi connectivity index (χ3n) is 1.40. The topological polar surface area (TPSA) is 54.9 Å². The van der Waals surface area contributed by atoms with Crippen LogP contribution in [0.25, 0.3) is 0 Å². The minimum absolute atomic E-state index is 0.262. The minimum atomic E-state index is -0.262. The highest BCUT2D eigenvalue weighted by atomic mass is 79.9. The van der Waals surface area contributed by atoms with Crippen LogP contribution in [0.3, 0.4) is 0 Å². The van der Waals surface area contributed by atoms with Gasteiger partial charge in [-0.1, -0.05) is 5.92 Å². The second kappa shape index (κ2) is 5.35. The van der Waals surface area contributed by atoms with Crippen molar-refractivity contribution < 1.29 is 4.79 Å². The van der Waals surface area contributed by atoms with E-state index in [-0.39, 0.29) is 5.91 Å². The van der Waals surface area contributed by atoms with Crippen LogP contribution < -0.4 is 5.32 Å². The largest absolute Gasteiger partial charge is 0.340 e. The molecule has 4 nitrogen and oxygen atoms in total. The van der Waals surface area contributed by atoms with E-state index in [0.29, 0.717) is 16.7 Å². The van der Waals surface area contributed by atoms with E-state index in [0.717, 1.165) is 0 Å². The molecule has 0 aromatic carbocycles. The molecule has 0 saturated heterocycles. The summed E-state index contributed by atoms with van der Waals surface area (Å²) in [5, 5.41) is 2.61. The molecule has 0 unspecified atom stereocenters. The molecule has 1 amide bonds. The van der Waals surface area contributed by atoms with Gasteiger partial charge in [0.1, 0.15) is 12.0 Å². The Morgan fingerprint density at radius 3 is 3.14 bits per heavy atom. The van der Waals surface area contributed by atoms with E-state index in [4.69, 9.17) is 0 Å². The maximum absolute atomic E-state index is 11.4. The normalized spacial score (nSPS) is 8.71. The molecule has 1 aromatic heterocycles. The van der Waals surface area contributed by atoms with E-state index in [1.807, 2.05) is 0 Å². The van der Waals surface area contributed by atoms with Gasteiger partial charge in [0.05, 0.1) is 11.0 Å². The van der Waals surface area contributed by atoms with E-state index < -0.39 is 0 Å². The Morgan fingerprint density at radius 1 is 1.71 bits per heavy atom. The van der Waals surface area contributed by atoms with Crippen LogP contribution in [0.4, 0.5) is 0 Å². The van der Waals surface area contributed by atoms with Crippen LogP contribution in [-0.2, 0) is 0 Å². The van der Waals surface area contributed by atoms with Crippen LogP contribution in [0.2, 0.25) is 0 Å². The molecule has 0 saturated carbocycles. The fourth-order valence-corrected chi connectivity index (χ4v) is 1.18. The van der Waals surface area contributed by atoms with Crippen LogP contribution >= 0.6 is 15.9 Å². The quantitative estimate of drug-likeness (QED) is 0.801. The molecule has 72 valence electrons. The van der Waals surface area contributed by atoms with Crippen LogP contribution in [0, 0.1) is 11.8 Å². The van der Waals surface area contributed by atoms with Gasteiger partial charge < -0.3 is 5.32 Å². The average Bonchev–Trinajstić information content (AvgIpc) is 2.18. The zero-order valence-corrected chi connectivity index (χ0v) is 9.13. The highest BCUT2D eigenvalue weighted by Crippen LogP contribution is 2.10. The predicted molar refractivity (Wildman–Crippen MR) is 55.5 cm³/mol. The van der Waals surface area contributed by atoms with Crippen molar-refractivity contribution in [3.05, 3.63) is 22.7 Å². The number of carbonyl (C=O) groups is 1. The number of halogens is 1. The molecule has 14 heavy (non-hydrogen) atoms. The van der Waals surface area contributed by atoms with Crippen molar-refractivity contribution >= 4 is 21.8 Å². The summed E-state index contributed by atoms with van der Waals surface area (Å²) in [5.41, 5.74) is 0.318. The smallest absolute Gasteiger partial charge is 0.271 e. The van der Waals surface area contributed by atoms with Gasteiger partial charge in [-0.15, -0.1) is 5.92 Å². The first-order valence-corrected chi connectivity index (χ1v) is 4.68. The fourth-order valence-electron chi connectivity index (χ4n) is 0.776. The molecule has 1 rings (SSSR count). The number of hydrogen-bond acceptors (Lipinski definition) is 3. The Kier molecular flexibility index (Phi) is 4.08. The third kappa shape index (κ3) is 2.82. The Hall–Kier alpha value is -1.41. The zero-order chi connectivity index (χ0) is 10.4. The van der Waals surface area contributed by atoms with E-state index >= 15 is 0 Å². The predicted octanol–water partition coefficient (Wildman–Crippen LogP) is 0.992. The van der Waals surface area contributed by atoms with Crippen molar-refractivity contribution in [2.45, 2.75) is 6.92 Å². The molecule has 0 atom stereocenters. The number of rotatable bonds is 2. The summed E-state index contributed by atoms with van der Waals surface area (Å²) < 4.78 is 0.571. The Balaban J connectivity index is 2.68. The highest BCUT2D eigenvalue weighted by Gasteiger charge is 2.09. The van der Waals surface area contributed by atoms with Gasteiger partial charge in [-0.3, -0.25) is 4.79 Å². The number of nitrogens with zero attached hydrogens (tertiary/aromatic N) is 2. The van der Waals surface area contributed by atoms with Crippen molar-refractivity contribution in [2.75, 3.05) is 6.54 Å². The number of aromatic nitrogens is 2. The van der Waals surface area contributed by atoms with Gasteiger partial charge in [-0.05, 0) is 22.9 Å². The summed E-state index contributed by atoms with van der Waals surface area (Å²) in [6, 6.07) is 0. The third-order valence-corrected chi connectivity index (χ3v) is 1.98. The second-order valence-corrected chi connectivity index (χ2v) is 3.18. The summed E-state index contributed by atoms with van der Waals surface area (Å²) >= 11 is 3.18. The summed E-state index contributed by atoms with van der Waals surface area (Å²) in [5.74, 6) is 5.15. The molecule has 0 spiro atoms. The van der Waals surface area contributed by atoms with Crippen LogP contribution in [0.15, 0.2) is 17.0 Å². The highest BCUT2D eigenvalue weighted by molar-refractivity contribution is 9.10. The van der Waals surface area contributed by atoms with E-state index in [9.17, 15) is 4.79 Å². The summed E-state index contributed by atoms with van der Waals surface area (Å²) in [6.45, 7) is 2.04. The fraction of sp³-hybridized carbons (Fsp3) is 0.222. The second-order valence-electron chi connectivity index (χ2n) is 2.33.